The molecule has 0 aromatic rings. The minimum Gasteiger partial charge on any atom is -0.480 e. The van der Waals surface area contributed by atoms with E-state index in [1.807, 2.05) is 0 Å². The van der Waals surface area contributed by atoms with Crippen LogP contribution in [0.2, 0.25) is 0 Å². The summed E-state index contributed by atoms with van der Waals surface area (Å²) in [5.41, 5.74) is 0. The van der Waals surface area contributed by atoms with Crippen LogP contribution in [0.3, 0.4) is 0 Å². The average Bonchev–Trinajstić information content (AvgIpc) is 2.52. The number of likely N-dealkylation sites (tertiary alicyclic amines) is 1. The van der Waals surface area contributed by atoms with Crippen molar-refractivity contribution in [3.05, 3.63) is 0 Å². The van der Waals surface area contributed by atoms with E-state index in [9.17, 15) is 14.4 Å². The summed E-state index contributed by atoms with van der Waals surface area (Å²) < 4.78 is 0. The number of aliphatic carboxylic acids is 2. The van der Waals surface area contributed by atoms with Gasteiger partial charge in [-0.2, -0.15) is 0 Å². The zero-order valence-electron chi connectivity index (χ0n) is 7.79. The van der Waals surface area contributed by atoms with Gasteiger partial charge in [-0.05, 0) is 6.42 Å². The van der Waals surface area contributed by atoms with E-state index in [1.54, 1.807) is 0 Å². The van der Waals surface area contributed by atoms with Gasteiger partial charge in [0.1, 0.15) is 0 Å². The fraction of sp³-hybridized carbons (Fsp3) is 0.625. The van der Waals surface area contributed by atoms with Gasteiger partial charge in [-0.3, -0.25) is 4.79 Å². The number of carboxylic acids is 2. The highest BCUT2D eigenvalue weighted by molar-refractivity contribution is 5.89. The Morgan fingerprint density at radius 3 is 2.20 bits per heavy atom. The number of hydrogen-bond acceptors (Lipinski definition) is 4. The highest BCUT2D eigenvalue weighted by Gasteiger charge is 2.41. The van der Waals surface area contributed by atoms with Crippen molar-refractivity contribution in [1.29, 1.82) is 0 Å². The standard InChI is InChI=1S/C8H11NO6/c10-4-2-1-3-9(4)5(7(12)13)6(11)8(14)15/h5-6,11H,1-3H2,(H,12,13)(H,14,15). The molecule has 7 nitrogen and oxygen atoms in total. The van der Waals surface area contributed by atoms with Crippen molar-refractivity contribution >= 4 is 17.8 Å². The molecule has 2 unspecified atom stereocenters. The molecule has 0 bridgehead atoms. The van der Waals surface area contributed by atoms with E-state index in [4.69, 9.17) is 15.3 Å². The maximum Gasteiger partial charge on any atom is 0.335 e. The number of carbonyl (C=O) groups is 3. The Morgan fingerprint density at radius 1 is 1.27 bits per heavy atom. The molecule has 0 spiro atoms. The topological polar surface area (TPSA) is 115 Å². The molecule has 0 aromatic heterocycles. The Kier molecular flexibility index (Phi) is 3.25. The molecular weight excluding hydrogens is 206 g/mol. The first kappa shape index (κ1) is 11.4. The minimum atomic E-state index is -2.09. The third-order valence-corrected chi connectivity index (χ3v) is 2.25. The van der Waals surface area contributed by atoms with Crippen molar-refractivity contribution in [1.82, 2.24) is 4.90 Å². The second-order valence-electron chi connectivity index (χ2n) is 3.26. The number of aliphatic hydroxyl groups excluding tert-OH is 1. The SMILES string of the molecule is O=C(O)C(O)C(C(=O)O)N1CCCC1=O. The fourth-order valence-electron chi connectivity index (χ4n) is 1.54. The molecule has 1 heterocycles. The maximum absolute atomic E-state index is 11.2. The molecular formula is C8H11NO6. The molecule has 84 valence electrons. The number of carboxylic acid groups (broad SMARTS) is 2. The summed E-state index contributed by atoms with van der Waals surface area (Å²) >= 11 is 0. The molecule has 0 saturated carbocycles. The molecule has 0 aliphatic carbocycles. The number of rotatable bonds is 4. The summed E-state index contributed by atoms with van der Waals surface area (Å²) in [5, 5.41) is 26.4. The summed E-state index contributed by atoms with van der Waals surface area (Å²) in [7, 11) is 0. The Balaban J connectivity index is 2.87. The lowest BCUT2D eigenvalue weighted by Gasteiger charge is -2.25. The molecule has 1 aliphatic heterocycles. The van der Waals surface area contributed by atoms with Crippen LogP contribution in [-0.4, -0.2) is 56.8 Å². The molecule has 3 N–H and O–H groups in total. The Labute approximate surface area is 84.9 Å². The summed E-state index contributed by atoms with van der Waals surface area (Å²) in [6, 6.07) is -1.70. The first-order chi connectivity index (χ1) is 6.95. The summed E-state index contributed by atoms with van der Waals surface area (Å²) in [6.45, 7) is 0.167. The smallest absolute Gasteiger partial charge is 0.335 e. The largest absolute Gasteiger partial charge is 0.480 e. The third-order valence-electron chi connectivity index (χ3n) is 2.25. The van der Waals surface area contributed by atoms with Gasteiger partial charge >= 0.3 is 11.9 Å². The van der Waals surface area contributed by atoms with Gasteiger partial charge in [-0.15, -0.1) is 0 Å². The van der Waals surface area contributed by atoms with Crippen molar-refractivity contribution < 1.29 is 29.7 Å². The molecule has 0 radical (unpaired) electrons. The predicted molar refractivity (Wildman–Crippen MR) is 46.0 cm³/mol. The van der Waals surface area contributed by atoms with E-state index in [0.29, 0.717) is 6.42 Å². The number of amides is 1. The van der Waals surface area contributed by atoms with Gasteiger partial charge in [0.05, 0.1) is 0 Å². The van der Waals surface area contributed by atoms with Gasteiger partial charge in [0.2, 0.25) is 5.91 Å². The average molecular weight is 217 g/mol. The number of hydrogen-bond donors (Lipinski definition) is 3. The Bertz CT molecular complexity index is 302. The van der Waals surface area contributed by atoms with E-state index >= 15 is 0 Å². The van der Waals surface area contributed by atoms with E-state index in [-0.39, 0.29) is 13.0 Å². The van der Waals surface area contributed by atoms with Crippen LogP contribution in [-0.2, 0) is 14.4 Å². The lowest BCUT2D eigenvalue weighted by molar-refractivity contribution is -0.163. The van der Waals surface area contributed by atoms with Crippen molar-refractivity contribution in [3.63, 3.8) is 0 Å². The predicted octanol–water partition coefficient (Wildman–Crippen LogP) is -1.49. The van der Waals surface area contributed by atoms with Crippen LogP contribution >= 0.6 is 0 Å². The number of nitrogens with zero attached hydrogens (tertiary/aromatic N) is 1. The van der Waals surface area contributed by atoms with Crippen LogP contribution in [0.5, 0.6) is 0 Å². The highest BCUT2D eigenvalue weighted by atomic mass is 16.4. The third kappa shape index (κ3) is 2.24. The second kappa shape index (κ2) is 4.26. The van der Waals surface area contributed by atoms with Crippen molar-refractivity contribution in [2.24, 2.45) is 0 Å². The van der Waals surface area contributed by atoms with Gasteiger partial charge in [-0.1, -0.05) is 0 Å². The fourth-order valence-corrected chi connectivity index (χ4v) is 1.54. The second-order valence-corrected chi connectivity index (χ2v) is 3.26. The van der Waals surface area contributed by atoms with Crippen molar-refractivity contribution in [3.8, 4) is 0 Å². The molecule has 0 aromatic carbocycles. The van der Waals surface area contributed by atoms with Gasteiger partial charge in [0.25, 0.3) is 0 Å². The lowest BCUT2D eigenvalue weighted by atomic mass is 10.1. The van der Waals surface area contributed by atoms with Gasteiger partial charge in [-0.25, -0.2) is 9.59 Å². The highest BCUT2D eigenvalue weighted by Crippen LogP contribution is 2.16. The monoisotopic (exact) mass is 217 g/mol. The molecule has 1 aliphatic rings. The quantitative estimate of drug-likeness (QED) is 0.528. The first-order valence-electron chi connectivity index (χ1n) is 4.38. The van der Waals surface area contributed by atoms with E-state index in [2.05, 4.69) is 0 Å². The van der Waals surface area contributed by atoms with E-state index in [0.717, 1.165) is 4.90 Å². The van der Waals surface area contributed by atoms with Crippen LogP contribution in [0.25, 0.3) is 0 Å². The molecule has 2 atom stereocenters. The molecule has 1 fully saturated rings. The van der Waals surface area contributed by atoms with Crippen molar-refractivity contribution in [2.75, 3.05) is 6.54 Å². The van der Waals surface area contributed by atoms with E-state index < -0.39 is 30.0 Å². The lowest BCUT2D eigenvalue weighted by Crippen LogP contribution is -2.52. The Hall–Kier alpha value is -1.63. The van der Waals surface area contributed by atoms with Crippen LogP contribution in [0.4, 0.5) is 0 Å². The van der Waals surface area contributed by atoms with Crippen LogP contribution in [0.1, 0.15) is 12.8 Å². The van der Waals surface area contributed by atoms with Gasteiger partial charge in [0.15, 0.2) is 12.1 Å². The van der Waals surface area contributed by atoms with Crippen molar-refractivity contribution in [2.45, 2.75) is 25.0 Å². The van der Waals surface area contributed by atoms with E-state index in [1.165, 1.54) is 0 Å². The van der Waals surface area contributed by atoms with Gasteiger partial charge < -0.3 is 20.2 Å². The summed E-state index contributed by atoms with van der Waals surface area (Å²) in [6.07, 6.45) is -1.42. The van der Waals surface area contributed by atoms with Crippen LogP contribution in [0.15, 0.2) is 0 Å². The summed E-state index contributed by atoms with van der Waals surface area (Å²) in [5.74, 6) is -3.61. The van der Waals surface area contributed by atoms with Crippen LogP contribution < -0.4 is 0 Å². The molecule has 1 amide bonds. The zero-order valence-corrected chi connectivity index (χ0v) is 7.79. The van der Waals surface area contributed by atoms with Crippen LogP contribution in [0, 0.1) is 0 Å². The first-order valence-corrected chi connectivity index (χ1v) is 4.38. The Morgan fingerprint density at radius 2 is 1.87 bits per heavy atom. The number of carbonyl (C=O) groups excluding carboxylic acids is 1. The van der Waals surface area contributed by atoms with Gasteiger partial charge in [0, 0.05) is 13.0 Å². The molecule has 1 rings (SSSR count). The minimum absolute atomic E-state index is 0.167. The zero-order chi connectivity index (χ0) is 11.6. The number of aliphatic hydroxyl groups is 1. The molecule has 7 heteroatoms. The summed E-state index contributed by atoms with van der Waals surface area (Å²) in [4.78, 5) is 33.3. The normalized spacial score (nSPS) is 20.1. The molecule has 15 heavy (non-hydrogen) atoms. The molecule has 1 saturated heterocycles. The maximum atomic E-state index is 11.2.